The second-order valence-corrected chi connectivity index (χ2v) is 7.03. The highest BCUT2D eigenvalue weighted by atomic mass is 35.5. The van der Waals surface area contributed by atoms with E-state index in [1.54, 1.807) is 17.5 Å². The third-order valence-corrected chi connectivity index (χ3v) is 5.58. The number of hydrogen-bond acceptors (Lipinski definition) is 4. The van der Waals surface area contributed by atoms with E-state index in [2.05, 4.69) is 17.2 Å². The van der Waals surface area contributed by atoms with Crippen molar-refractivity contribution in [3.05, 3.63) is 16.1 Å². The van der Waals surface area contributed by atoms with Crippen molar-refractivity contribution >= 4 is 42.1 Å². The van der Waals surface area contributed by atoms with Crippen molar-refractivity contribution in [1.82, 2.24) is 15.2 Å². The highest BCUT2D eigenvalue weighted by Crippen LogP contribution is 2.28. The van der Waals surface area contributed by atoms with E-state index in [1.807, 2.05) is 4.90 Å². The fraction of sp³-hybridized carbons (Fsp3) is 0.733. The summed E-state index contributed by atoms with van der Waals surface area (Å²) in [5.74, 6) is 1.73. The van der Waals surface area contributed by atoms with Crippen LogP contribution < -0.4 is 5.32 Å². The molecule has 2 atom stereocenters. The van der Waals surface area contributed by atoms with Crippen LogP contribution in [-0.4, -0.2) is 42.0 Å². The van der Waals surface area contributed by atoms with Gasteiger partial charge in [-0.2, -0.15) is 0 Å². The Morgan fingerprint density at radius 1 is 1.32 bits per heavy atom. The first-order valence-electron chi connectivity index (χ1n) is 7.72. The van der Waals surface area contributed by atoms with E-state index < -0.39 is 0 Å². The lowest BCUT2D eigenvalue weighted by molar-refractivity contribution is 0.0763. The van der Waals surface area contributed by atoms with Crippen LogP contribution in [0.1, 0.15) is 40.9 Å². The molecule has 0 bridgehead atoms. The molecule has 0 aromatic carbocycles. The molecule has 1 amide bonds. The van der Waals surface area contributed by atoms with Crippen molar-refractivity contribution in [1.29, 1.82) is 0 Å². The smallest absolute Gasteiger partial charge is 0.265 e. The molecule has 7 heteroatoms. The van der Waals surface area contributed by atoms with Gasteiger partial charge in [0, 0.05) is 13.1 Å². The first-order chi connectivity index (χ1) is 9.78. The fourth-order valence-corrected chi connectivity index (χ4v) is 4.30. The molecule has 1 N–H and O–H groups in total. The van der Waals surface area contributed by atoms with Crippen LogP contribution in [0.5, 0.6) is 0 Å². The Kier molecular flexibility index (Phi) is 8.11. The third-order valence-electron chi connectivity index (χ3n) is 4.53. The number of aromatic nitrogens is 1. The summed E-state index contributed by atoms with van der Waals surface area (Å²) < 4.78 is 0. The molecule has 2 aliphatic heterocycles. The molecule has 0 saturated carbocycles. The van der Waals surface area contributed by atoms with E-state index in [0.717, 1.165) is 73.6 Å². The van der Waals surface area contributed by atoms with Gasteiger partial charge in [-0.05, 0) is 50.6 Å². The zero-order valence-electron chi connectivity index (χ0n) is 12.9. The standard InChI is InChI=1S/C15H23N3OS.2ClH/c1-2-3-14-17-10-13(20-14)15(19)18-6-4-11-8-16-9-12(11)5-7-18;;/h10-12,16H,2-9H2,1H3;2*1H/t11-,12+;;. The number of thiazole rings is 1. The minimum Gasteiger partial charge on any atom is -0.338 e. The second kappa shape index (κ2) is 9.06. The number of halogens is 2. The van der Waals surface area contributed by atoms with Crippen molar-refractivity contribution in [3.8, 4) is 0 Å². The topological polar surface area (TPSA) is 45.2 Å². The molecule has 22 heavy (non-hydrogen) atoms. The summed E-state index contributed by atoms with van der Waals surface area (Å²) in [4.78, 5) is 19.8. The SMILES string of the molecule is CCCc1ncc(C(=O)N2CC[C@@H]3CNC[C@@H]3CC2)s1.Cl.Cl. The molecule has 0 aliphatic carbocycles. The number of hydrogen-bond donors (Lipinski definition) is 1. The van der Waals surface area contributed by atoms with Gasteiger partial charge in [0.05, 0.1) is 11.2 Å². The van der Waals surface area contributed by atoms with E-state index in [-0.39, 0.29) is 30.7 Å². The van der Waals surface area contributed by atoms with Crippen LogP contribution in [0.15, 0.2) is 6.20 Å². The third kappa shape index (κ3) is 4.34. The summed E-state index contributed by atoms with van der Waals surface area (Å²) in [5, 5.41) is 4.56. The van der Waals surface area contributed by atoms with E-state index in [4.69, 9.17) is 0 Å². The van der Waals surface area contributed by atoms with E-state index in [1.165, 1.54) is 0 Å². The maximum atomic E-state index is 12.6. The van der Waals surface area contributed by atoms with Crippen LogP contribution in [0, 0.1) is 11.8 Å². The van der Waals surface area contributed by atoms with Gasteiger partial charge >= 0.3 is 0 Å². The van der Waals surface area contributed by atoms with Crippen LogP contribution in [0.3, 0.4) is 0 Å². The number of nitrogens with zero attached hydrogens (tertiary/aromatic N) is 2. The molecule has 3 rings (SSSR count). The Morgan fingerprint density at radius 3 is 2.55 bits per heavy atom. The first-order valence-corrected chi connectivity index (χ1v) is 8.54. The van der Waals surface area contributed by atoms with Gasteiger partial charge in [0.2, 0.25) is 0 Å². The van der Waals surface area contributed by atoms with Gasteiger partial charge in [0.25, 0.3) is 5.91 Å². The molecule has 0 radical (unpaired) electrons. The van der Waals surface area contributed by atoms with Crippen LogP contribution in [0.2, 0.25) is 0 Å². The molecule has 2 aliphatic rings. The second-order valence-electron chi connectivity index (χ2n) is 5.92. The summed E-state index contributed by atoms with van der Waals surface area (Å²) in [6, 6.07) is 0. The Morgan fingerprint density at radius 2 is 1.95 bits per heavy atom. The molecule has 0 unspecified atom stereocenters. The van der Waals surface area contributed by atoms with Crippen LogP contribution in [-0.2, 0) is 6.42 Å². The zero-order chi connectivity index (χ0) is 13.9. The molecular formula is C15H25Cl2N3OS. The summed E-state index contributed by atoms with van der Waals surface area (Å²) in [5.41, 5.74) is 0. The molecule has 0 spiro atoms. The summed E-state index contributed by atoms with van der Waals surface area (Å²) >= 11 is 1.57. The predicted molar refractivity (Wildman–Crippen MR) is 95.6 cm³/mol. The minimum atomic E-state index is 0. The van der Waals surface area contributed by atoms with Gasteiger partial charge in [0.15, 0.2) is 0 Å². The number of fused-ring (bicyclic) bond motifs is 1. The Hall–Kier alpha value is -0.360. The largest absolute Gasteiger partial charge is 0.338 e. The normalized spacial score (nSPS) is 24.0. The molecule has 2 saturated heterocycles. The Balaban J connectivity index is 0.00000121. The summed E-state index contributed by atoms with van der Waals surface area (Å²) in [6.07, 6.45) is 6.12. The van der Waals surface area contributed by atoms with Crippen LogP contribution in [0.4, 0.5) is 0 Å². The average Bonchev–Trinajstić information content (AvgIpc) is 3.05. The van der Waals surface area contributed by atoms with Gasteiger partial charge in [0.1, 0.15) is 4.88 Å². The molecule has 126 valence electrons. The Bertz CT molecular complexity index is 469. The van der Waals surface area contributed by atoms with Crippen molar-refractivity contribution in [2.45, 2.75) is 32.6 Å². The van der Waals surface area contributed by atoms with Gasteiger partial charge < -0.3 is 10.2 Å². The Labute approximate surface area is 148 Å². The zero-order valence-corrected chi connectivity index (χ0v) is 15.4. The number of carbonyl (C=O) groups is 1. The lowest BCUT2D eigenvalue weighted by atomic mass is 9.92. The fourth-order valence-electron chi connectivity index (χ4n) is 3.32. The molecule has 2 fully saturated rings. The van der Waals surface area contributed by atoms with E-state index in [9.17, 15) is 4.79 Å². The number of likely N-dealkylation sites (tertiary alicyclic amines) is 1. The highest BCUT2D eigenvalue weighted by Gasteiger charge is 2.32. The van der Waals surface area contributed by atoms with Crippen LogP contribution >= 0.6 is 36.2 Å². The van der Waals surface area contributed by atoms with Crippen LogP contribution in [0.25, 0.3) is 0 Å². The average molecular weight is 366 g/mol. The lowest BCUT2D eigenvalue weighted by Crippen LogP contribution is -2.32. The number of rotatable bonds is 3. The summed E-state index contributed by atoms with van der Waals surface area (Å²) in [7, 11) is 0. The number of carbonyl (C=O) groups excluding carboxylic acids is 1. The molecule has 1 aromatic rings. The minimum absolute atomic E-state index is 0. The number of nitrogens with one attached hydrogen (secondary N) is 1. The predicted octanol–water partition coefficient (Wildman–Crippen LogP) is 3.01. The van der Waals surface area contributed by atoms with Crippen molar-refractivity contribution in [3.63, 3.8) is 0 Å². The molecule has 3 heterocycles. The van der Waals surface area contributed by atoms with Gasteiger partial charge in [-0.3, -0.25) is 4.79 Å². The van der Waals surface area contributed by atoms with E-state index in [0.29, 0.717) is 0 Å². The lowest BCUT2D eigenvalue weighted by Gasteiger charge is -2.19. The molecule has 1 aromatic heterocycles. The summed E-state index contributed by atoms with van der Waals surface area (Å²) in [6.45, 7) is 6.22. The van der Waals surface area contributed by atoms with Gasteiger partial charge in [-0.15, -0.1) is 36.2 Å². The first kappa shape index (κ1) is 19.7. The van der Waals surface area contributed by atoms with Gasteiger partial charge in [-0.1, -0.05) is 6.92 Å². The number of amides is 1. The molecule has 4 nitrogen and oxygen atoms in total. The van der Waals surface area contributed by atoms with Crippen molar-refractivity contribution in [2.24, 2.45) is 11.8 Å². The quantitative estimate of drug-likeness (QED) is 0.895. The highest BCUT2D eigenvalue weighted by molar-refractivity contribution is 7.13. The maximum Gasteiger partial charge on any atom is 0.265 e. The van der Waals surface area contributed by atoms with E-state index >= 15 is 0 Å². The monoisotopic (exact) mass is 365 g/mol. The number of aryl methyl sites for hydroxylation is 1. The maximum absolute atomic E-state index is 12.6. The van der Waals surface area contributed by atoms with Crippen molar-refractivity contribution < 1.29 is 4.79 Å². The van der Waals surface area contributed by atoms with Gasteiger partial charge in [-0.25, -0.2) is 4.98 Å². The molecular weight excluding hydrogens is 341 g/mol. The van der Waals surface area contributed by atoms with Crippen molar-refractivity contribution in [2.75, 3.05) is 26.2 Å².